The molecule has 5 heteroatoms. The number of hydroxylamine groups is 1. The molecular weight excluding hydrogens is 200 g/mol. The van der Waals surface area contributed by atoms with Gasteiger partial charge in [-0.25, -0.2) is 0 Å². The third kappa shape index (κ3) is 0.594. The van der Waals surface area contributed by atoms with Crippen LogP contribution in [0.5, 0.6) is 0 Å². The number of hydrogen-bond donors (Lipinski definition) is 0. The molecule has 1 aliphatic rings. The molecule has 4 nitrogen and oxygen atoms in total. The van der Waals surface area contributed by atoms with Crippen LogP contribution in [0.3, 0.4) is 0 Å². The first-order valence-corrected chi connectivity index (χ1v) is 3.74. The maximum absolute atomic E-state index is 10.8. The van der Waals surface area contributed by atoms with Crippen molar-refractivity contribution in [2.24, 2.45) is 0 Å². The molecule has 0 spiro atoms. The maximum Gasteiger partial charge on any atom is 0.318 e. The van der Waals surface area contributed by atoms with Crippen molar-refractivity contribution in [2.45, 2.75) is 30.8 Å². The summed E-state index contributed by atoms with van der Waals surface area (Å²) in [7, 11) is 0. The van der Waals surface area contributed by atoms with Gasteiger partial charge in [0.25, 0.3) is 0 Å². The lowest BCUT2D eigenvalue weighted by molar-refractivity contribution is -0.825. The van der Waals surface area contributed by atoms with Crippen LogP contribution in [-0.4, -0.2) is 20.0 Å². The fourth-order valence-electron chi connectivity index (χ4n) is 0.762. The minimum absolute atomic E-state index is 0.382. The Morgan fingerprint density at radius 2 is 1.90 bits per heavy atom. The number of halogens is 1. The van der Waals surface area contributed by atoms with Crippen LogP contribution in [-0.2, 0) is 0 Å². The van der Waals surface area contributed by atoms with Crippen molar-refractivity contribution >= 4 is 15.9 Å². The number of alkyl halides is 1. The number of nitroso groups, excluding NO2 is 1. The molecule has 0 aliphatic carbocycles. The summed E-state index contributed by atoms with van der Waals surface area (Å²) in [6.45, 7) is 5.10. The fourth-order valence-corrected chi connectivity index (χ4v) is 1.06. The average molecular weight is 209 g/mol. The van der Waals surface area contributed by atoms with E-state index in [1.165, 1.54) is 0 Å². The Morgan fingerprint density at radius 3 is 2.00 bits per heavy atom. The van der Waals surface area contributed by atoms with E-state index in [1.54, 1.807) is 20.8 Å². The van der Waals surface area contributed by atoms with Crippen molar-refractivity contribution in [1.29, 1.82) is 0 Å². The predicted molar refractivity (Wildman–Crippen MR) is 40.2 cm³/mol. The molecule has 0 N–H and O–H groups in total. The van der Waals surface area contributed by atoms with Crippen LogP contribution in [0.15, 0.2) is 0 Å². The molecule has 1 saturated heterocycles. The van der Waals surface area contributed by atoms with Crippen LogP contribution in [0.25, 0.3) is 0 Å². The first-order chi connectivity index (χ1) is 4.32. The zero-order valence-electron chi connectivity index (χ0n) is 6.09. The first kappa shape index (κ1) is 7.94. The van der Waals surface area contributed by atoms with E-state index in [0.717, 1.165) is 0 Å². The number of rotatable bonds is 0. The van der Waals surface area contributed by atoms with Crippen LogP contribution in [0.4, 0.5) is 0 Å². The normalized spacial score (nSPS) is 37.7. The first-order valence-electron chi connectivity index (χ1n) is 2.95. The molecule has 0 bridgehead atoms. The third-order valence-corrected chi connectivity index (χ3v) is 3.39. The van der Waals surface area contributed by atoms with E-state index < -0.39 is 9.99 Å². The highest BCUT2D eigenvalue weighted by Gasteiger charge is 2.68. The van der Waals surface area contributed by atoms with Crippen molar-refractivity contribution in [3.63, 3.8) is 0 Å². The summed E-state index contributed by atoms with van der Waals surface area (Å²) in [5.74, 6) is 0. The van der Waals surface area contributed by atoms with Crippen LogP contribution >= 0.6 is 15.9 Å². The fraction of sp³-hybridized carbons (Fsp3) is 1.00. The highest BCUT2D eigenvalue weighted by molar-refractivity contribution is 9.10. The van der Waals surface area contributed by atoms with Gasteiger partial charge in [-0.15, -0.1) is 0 Å². The van der Waals surface area contributed by atoms with Gasteiger partial charge in [0.1, 0.15) is 4.87 Å². The van der Waals surface area contributed by atoms with E-state index >= 15 is 0 Å². The van der Waals surface area contributed by atoms with E-state index in [1.807, 2.05) is 0 Å². The Morgan fingerprint density at radius 1 is 1.50 bits per heavy atom. The van der Waals surface area contributed by atoms with Gasteiger partial charge in [-0.2, -0.15) is 5.17 Å². The van der Waals surface area contributed by atoms with Crippen molar-refractivity contribution < 1.29 is 4.87 Å². The van der Waals surface area contributed by atoms with Gasteiger partial charge in [0.2, 0.25) is 0 Å². The summed E-state index contributed by atoms with van der Waals surface area (Å²) in [6, 6.07) is 0. The summed E-state index contributed by atoms with van der Waals surface area (Å²) in [5.41, 5.74) is -0.644. The summed E-state index contributed by atoms with van der Waals surface area (Å²) in [4.78, 5) is 11.2. The van der Waals surface area contributed by atoms with Gasteiger partial charge in [-0.3, -0.25) is 0 Å². The largest absolute Gasteiger partial charge is 0.703 e. The minimum atomic E-state index is -0.748. The smallest absolute Gasteiger partial charge is 0.318 e. The molecular formula is C5H9BrN2O2. The Labute approximate surface area is 67.4 Å². The monoisotopic (exact) mass is 208 g/mol. The lowest BCUT2D eigenvalue weighted by atomic mass is 9.92. The standard InChI is InChI=1S/C5H9BrN2O2/c1-4(2)5(3,6)8(10)7(4)9/h1-3H3/t5-/m0/s1. The van der Waals surface area contributed by atoms with E-state index in [9.17, 15) is 10.1 Å². The second-order valence-corrected chi connectivity index (χ2v) is 4.60. The van der Waals surface area contributed by atoms with Gasteiger partial charge < -0.3 is 5.21 Å². The minimum Gasteiger partial charge on any atom is -0.703 e. The van der Waals surface area contributed by atoms with Crippen LogP contribution < -0.4 is 0 Å². The van der Waals surface area contributed by atoms with Crippen molar-refractivity contribution in [2.75, 3.05) is 0 Å². The summed E-state index contributed by atoms with van der Waals surface area (Å²) in [6.07, 6.45) is 0. The number of nitrogens with zero attached hydrogens (tertiary/aromatic N) is 2. The topological polar surface area (TPSA) is 46.4 Å². The van der Waals surface area contributed by atoms with Gasteiger partial charge in [-0.05, 0) is 13.8 Å². The molecule has 0 amide bonds. The Balaban J connectivity index is 2.92. The van der Waals surface area contributed by atoms with Gasteiger partial charge >= 0.3 is 4.45 Å². The number of hydrazine groups is 1. The van der Waals surface area contributed by atoms with Crippen molar-refractivity contribution in [3.8, 4) is 0 Å². The molecule has 0 aromatic heterocycles. The van der Waals surface area contributed by atoms with Crippen LogP contribution in [0.1, 0.15) is 20.8 Å². The molecule has 0 aromatic rings. The zero-order chi connectivity index (χ0) is 8.15. The molecule has 1 atom stereocenters. The molecule has 0 radical (unpaired) electrons. The van der Waals surface area contributed by atoms with Crippen LogP contribution in [0.2, 0.25) is 0 Å². The SMILES string of the molecule is CC1(C)N([O-])[N+](=O)[C@]1(C)Br. The van der Waals surface area contributed by atoms with Crippen molar-refractivity contribution in [3.05, 3.63) is 10.1 Å². The Kier molecular flexibility index (Phi) is 1.36. The zero-order valence-corrected chi connectivity index (χ0v) is 7.67. The molecule has 1 rings (SSSR count). The van der Waals surface area contributed by atoms with Crippen molar-refractivity contribution in [1.82, 2.24) is 5.17 Å². The van der Waals surface area contributed by atoms with Gasteiger partial charge in [0.05, 0.1) is 4.91 Å². The highest BCUT2D eigenvalue weighted by Crippen LogP contribution is 2.45. The molecule has 1 fully saturated rings. The van der Waals surface area contributed by atoms with Gasteiger partial charge in [0, 0.05) is 22.9 Å². The van der Waals surface area contributed by atoms with E-state index in [0.29, 0.717) is 10.0 Å². The predicted octanol–water partition coefficient (Wildman–Crippen LogP) is 1.38. The molecule has 58 valence electrons. The van der Waals surface area contributed by atoms with Gasteiger partial charge in [0.15, 0.2) is 5.54 Å². The second kappa shape index (κ2) is 1.71. The lowest BCUT2D eigenvalue weighted by Crippen LogP contribution is -2.74. The third-order valence-electron chi connectivity index (χ3n) is 2.12. The summed E-state index contributed by atoms with van der Waals surface area (Å²) >= 11 is 3.16. The number of hydrogen-bond acceptors (Lipinski definition) is 2. The Bertz CT molecular complexity index is 190. The molecule has 1 heterocycles. The highest BCUT2D eigenvalue weighted by atomic mass is 79.9. The lowest BCUT2D eigenvalue weighted by Gasteiger charge is -2.50. The summed E-state index contributed by atoms with van der Waals surface area (Å²) in [5, 5.41) is 11.2. The van der Waals surface area contributed by atoms with E-state index in [4.69, 9.17) is 0 Å². The molecule has 10 heavy (non-hydrogen) atoms. The molecule has 1 aliphatic heterocycles. The Hall–Kier alpha value is -0.160. The average Bonchev–Trinajstić information content (AvgIpc) is 1.84. The van der Waals surface area contributed by atoms with E-state index in [2.05, 4.69) is 15.9 Å². The van der Waals surface area contributed by atoms with Gasteiger partial charge in [-0.1, -0.05) is 0 Å². The molecule has 0 saturated carbocycles. The quantitative estimate of drug-likeness (QED) is 0.344. The van der Waals surface area contributed by atoms with Crippen LogP contribution in [0, 0.1) is 10.1 Å². The second-order valence-electron chi connectivity index (χ2n) is 3.06. The van der Waals surface area contributed by atoms with E-state index in [-0.39, 0.29) is 0 Å². The molecule has 0 aromatic carbocycles. The molecule has 0 unspecified atom stereocenters. The summed E-state index contributed by atoms with van der Waals surface area (Å²) < 4.78 is -0.748. The maximum atomic E-state index is 10.8.